The zero-order valence-corrected chi connectivity index (χ0v) is 21.0. The zero-order chi connectivity index (χ0) is 25.9. The zero-order valence-electron chi connectivity index (χ0n) is 19.4. The van der Waals surface area contributed by atoms with E-state index >= 15 is 0 Å². The molecule has 0 atom stereocenters. The normalized spacial score (nSPS) is 10.9. The lowest BCUT2D eigenvalue weighted by Gasteiger charge is -2.09. The Morgan fingerprint density at radius 3 is 2.68 bits per heavy atom. The van der Waals surface area contributed by atoms with Crippen molar-refractivity contribution in [1.29, 1.82) is 0 Å². The molecule has 0 aliphatic rings. The highest BCUT2D eigenvalue weighted by molar-refractivity contribution is 7.80. The Morgan fingerprint density at radius 1 is 1.14 bits per heavy atom. The highest BCUT2D eigenvalue weighted by atomic mass is 32.1. The molecule has 5 aromatic rings. The second-order valence-electron chi connectivity index (χ2n) is 7.84. The molecule has 0 unspecified atom stereocenters. The number of fused-ring (bicyclic) bond motifs is 1. The van der Waals surface area contributed by atoms with Gasteiger partial charge in [-0.3, -0.25) is 20.2 Å². The molecule has 0 aliphatic carbocycles. The van der Waals surface area contributed by atoms with E-state index in [0.717, 1.165) is 33.3 Å². The lowest BCUT2D eigenvalue weighted by Crippen LogP contribution is -2.38. The van der Waals surface area contributed by atoms with Crippen molar-refractivity contribution in [3.8, 4) is 21.9 Å². The van der Waals surface area contributed by atoms with Crippen LogP contribution >= 0.6 is 23.6 Å². The first-order valence-electron chi connectivity index (χ1n) is 11.2. The molecule has 3 heterocycles. The summed E-state index contributed by atoms with van der Waals surface area (Å²) >= 11 is 6.71. The predicted octanol–water partition coefficient (Wildman–Crippen LogP) is 4.39. The third-order valence-corrected chi connectivity index (χ3v) is 6.64. The number of nitro benzene ring substituents is 1. The van der Waals surface area contributed by atoms with Gasteiger partial charge in [0.2, 0.25) is 4.96 Å². The van der Waals surface area contributed by atoms with Crippen molar-refractivity contribution in [3.63, 3.8) is 0 Å². The Bertz CT molecular complexity index is 1620. The van der Waals surface area contributed by atoms with Gasteiger partial charge in [-0.25, -0.2) is 0 Å². The van der Waals surface area contributed by atoms with Crippen molar-refractivity contribution in [3.05, 3.63) is 87.9 Å². The largest absolute Gasteiger partial charge is 0.451 e. The molecule has 0 saturated carbocycles. The van der Waals surface area contributed by atoms with E-state index in [9.17, 15) is 14.9 Å². The van der Waals surface area contributed by atoms with E-state index in [0.29, 0.717) is 6.54 Å². The molecule has 2 N–H and O–H groups in total. The van der Waals surface area contributed by atoms with E-state index in [1.165, 1.54) is 29.5 Å². The first kappa shape index (κ1) is 24.2. The minimum absolute atomic E-state index is 0.0159. The first-order chi connectivity index (χ1) is 17.9. The van der Waals surface area contributed by atoms with Gasteiger partial charge in [0.05, 0.1) is 10.5 Å². The maximum atomic E-state index is 12.5. The summed E-state index contributed by atoms with van der Waals surface area (Å²) in [5, 5.41) is 30.6. The third-order valence-electron chi connectivity index (χ3n) is 5.45. The second-order valence-corrected chi connectivity index (χ2v) is 9.21. The summed E-state index contributed by atoms with van der Waals surface area (Å²) in [4.78, 5) is 24.1. The van der Waals surface area contributed by atoms with Crippen LogP contribution in [0.2, 0.25) is 0 Å². The summed E-state index contributed by atoms with van der Waals surface area (Å²) in [6.45, 7) is 2.40. The maximum Gasteiger partial charge on any atom is 0.293 e. The molecule has 13 heteroatoms. The number of hydrogen-bond donors (Lipinski definition) is 2. The Kier molecular flexibility index (Phi) is 6.70. The number of benzene rings is 2. The standard InChI is InChI=1S/C24H19N7O4S2/c1-2-20-27-28-24-30(20)29-22(37-24)15-9-7-14(8-10-15)13-25-23(36)26-21(32)19-12-11-18(35-19)16-5-3-4-6-17(16)31(33)34/h3-12H,2,13H2,1H3,(H2,25,26,32,36). The number of para-hydroxylation sites is 1. The number of hydrogen-bond acceptors (Lipinski definition) is 9. The first-order valence-corrected chi connectivity index (χ1v) is 12.4. The van der Waals surface area contributed by atoms with Gasteiger partial charge in [-0.2, -0.15) is 9.61 Å². The number of furan rings is 1. The Hall–Kier alpha value is -4.49. The van der Waals surface area contributed by atoms with Crippen molar-refractivity contribution in [1.82, 2.24) is 30.4 Å². The molecule has 0 spiro atoms. The van der Waals surface area contributed by atoms with Crippen molar-refractivity contribution in [2.24, 2.45) is 0 Å². The maximum absolute atomic E-state index is 12.5. The van der Waals surface area contributed by atoms with Gasteiger partial charge < -0.3 is 9.73 Å². The number of nitrogens with zero attached hydrogens (tertiary/aromatic N) is 5. The summed E-state index contributed by atoms with van der Waals surface area (Å²) < 4.78 is 7.32. The number of aryl methyl sites for hydroxylation is 1. The Morgan fingerprint density at radius 2 is 1.92 bits per heavy atom. The number of nitro groups is 1. The molecule has 2 aromatic carbocycles. The van der Waals surface area contributed by atoms with Gasteiger partial charge in [0.25, 0.3) is 11.6 Å². The minimum Gasteiger partial charge on any atom is -0.451 e. The van der Waals surface area contributed by atoms with Crippen molar-refractivity contribution in [2.75, 3.05) is 0 Å². The number of carbonyl (C=O) groups is 1. The van der Waals surface area contributed by atoms with E-state index < -0.39 is 10.8 Å². The van der Waals surface area contributed by atoms with Gasteiger partial charge in [-0.15, -0.1) is 10.2 Å². The van der Waals surface area contributed by atoms with Gasteiger partial charge in [0.15, 0.2) is 16.7 Å². The number of rotatable bonds is 7. The molecule has 3 aromatic heterocycles. The fourth-order valence-corrected chi connectivity index (χ4v) is 4.63. The molecule has 37 heavy (non-hydrogen) atoms. The minimum atomic E-state index is -0.563. The molecule has 0 fully saturated rings. The number of thiocarbonyl (C=S) groups is 1. The van der Waals surface area contributed by atoms with Crippen LogP contribution in [0.25, 0.3) is 26.9 Å². The predicted molar refractivity (Wildman–Crippen MR) is 141 cm³/mol. The van der Waals surface area contributed by atoms with E-state index in [-0.39, 0.29) is 27.9 Å². The number of aromatic nitrogens is 4. The Labute approximate surface area is 219 Å². The van der Waals surface area contributed by atoms with Crippen LogP contribution in [0.5, 0.6) is 0 Å². The molecule has 0 bridgehead atoms. The van der Waals surface area contributed by atoms with Crippen LogP contribution in [0.3, 0.4) is 0 Å². The third kappa shape index (κ3) is 5.08. The smallest absolute Gasteiger partial charge is 0.293 e. The lowest BCUT2D eigenvalue weighted by molar-refractivity contribution is -0.384. The molecule has 0 saturated heterocycles. The summed E-state index contributed by atoms with van der Waals surface area (Å²) in [6, 6.07) is 16.9. The fraction of sp³-hybridized carbons (Fsp3) is 0.125. The quantitative estimate of drug-likeness (QED) is 0.177. The van der Waals surface area contributed by atoms with Crippen molar-refractivity contribution < 1.29 is 14.1 Å². The van der Waals surface area contributed by atoms with Crippen LogP contribution in [-0.2, 0) is 13.0 Å². The van der Waals surface area contributed by atoms with Crippen LogP contribution < -0.4 is 10.6 Å². The van der Waals surface area contributed by atoms with E-state index in [1.807, 2.05) is 31.2 Å². The Balaban J connectivity index is 1.18. The van der Waals surface area contributed by atoms with Gasteiger partial charge in [0.1, 0.15) is 10.8 Å². The molecule has 0 radical (unpaired) electrons. The van der Waals surface area contributed by atoms with Crippen molar-refractivity contribution >= 4 is 45.2 Å². The molecular weight excluding hydrogens is 514 g/mol. The van der Waals surface area contributed by atoms with E-state index in [4.69, 9.17) is 16.6 Å². The van der Waals surface area contributed by atoms with Gasteiger partial charge in [0, 0.05) is 24.6 Å². The van der Waals surface area contributed by atoms with Crippen LogP contribution in [0.1, 0.15) is 28.9 Å². The molecular formula is C24H19N7O4S2. The van der Waals surface area contributed by atoms with Crippen LogP contribution in [-0.4, -0.2) is 35.8 Å². The van der Waals surface area contributed by atoms with E-state index in [2.05, 4.69) is 25.9 Å². The average molecular weight is 534 g/mol. The molecule has 11 nitrogen and oxygen atoms in total. The summed E-state index contributed by atoms with van der Waals surface area (Å²) in [7, 11) is 0. The number of carbonyl (C=O) groups excluding carboxylic acids is 1. The van der Waals surface area contributed by atoms with Crippen LogP contribution in [0.15, 0.2) is 65.1 Å². The second kappa shape index (κ2) is 10.2. The summed E-state index contributed by atoms with van der Waals surface area (Å²) in [6.07, 6.45) is 0.752. The highest BCUT2D eigenvalue weighted by Gasteiger charge is 2.20. The lowest BCUT2D eigenvalue weighted by atomic mass is 10.1. The number of nitrogens with one attached hydrogen (secondary N) is 2. The molecule has 0 aliphatic heterocycles. The average Bonchev–Trinajstić information content (AvgIpc) is 3.64. The van der Waals surface area contributed by atoms with Gasteiger partial charge in [-0.1, -0.05) is 54.7 Å². The van der Waals surface area contributed by atoms with Crippen LogP contribution in [0, 0.1) is 10.1 Å². The monoisotopic (exact) mass is 533 g/mol. The number of amides is 1. The highest BCUT2D eigenvalue weighted by Crippen LogP contribution is 2.31. The summed E-state index contributed by atoms with van der Waals surface area (Å²) in [5.41, 5.74) is 2.09. The summed E-state index contributed by atoms with van der Waals surface area (Å²) in [5.74, 6) is 0.457. The van der Waals surface area contributed by atoms with Gasteiger partial charge >= 0.3 is 0 Å². The van der Waals surface area contributed by atoms with Gasteiger partial charge in [-0.05, 0) is 36.0 Å². The molecule has 5 rings (SSSR count). The van der Waals surface area contributed by atoms with Crippen LogP contribution in [0.4, 0.5) is 5.69 Å². The molecule has 1 amide bonds. The van der Waals surface area contributed by atoms with Crippen molar-refractivity contribution in [2.45, 2.75) is 19.9 Å². The topological polar surface area (TPSA) is 140 Å². The SMILES string of the molecule is CCc1nnc2sc(-c3ccc(CNC(=S)NC(=O)c4ccc(-c5ccccc5[N+](=O)[O-])o4)cc3)nn12. The van der Waals surface area contributed by atoms with E-state index in [1.54, 1.807) is 22.7 Å². The molecule has 186 valence electrons. The fourth-order valence-electron chi connectivity index (χ4n) is 3.60.